The van der Waals surface area contributed by atoms with Crippen LogP contribution < -0.4 is 18.9 Å². The molecule has 0 aromatic heterocycles. The molecular weight excluding hydrogens is 293 g/mol. The van der Waals surface area contributed by atoms with E-state index in [0.29, 0.717) is 11.8 Å². The zero-order valence-electron chi connectivity index (χ0n) is 15.3. The molecule has 1 aromatic carbocycles. The van der Waals surface area contributed by atoms with Gasteiger partial charge < -0.3 is 9.64 Å². The topological polar surface area (TPSA) is 29.5 Å². The van der Waals surface area contributed by atoms with Crippen LogP contribution in [0, 0.1) is 17.9 Å². The quantitative estimate of drug-likeness (QED) is 0.536. The number of benzene rings is 1. The molecule has 124 valence electrons. The van der Waals surface area contributed by atoms with Gasteiger partial charge in [0.15, 0.2) is 0 Å². The van der Waals surface area contributed by atoms with Gasteiger partial charge in [0.25, 0.3) is 0 Å². The molecule has 1 saturated carbocycles. The number of nitrogens with zero attached hydrogens (tertiary/aromatic N) is 1. The Morgan fingerprint density at radius 3 is 2.79 bits per heavy atom. The number of carbonyl (C=O) groups excluding carboxylic acids is 1. The van der Waals surface area contributed by atoms with E-state index in [-0.39, 0.29) is 30.4 Å². The Kier molecular flexibility index (Phi) is 4.56. The summed E-state index contributed by atoms with van der Waals surface area (Å²) in [7, 11) is 0. The first kappa shape index (κ1) is 17.9. The zero-order valence-corrected chi connectivity index (χ0v) is 15.3. The van der Waals surface area contributed by atoms with Crippen LogP contribution in [0.2, 0.25) is 0 Å². The minimum absolute atomic E-state index is 0. The molecule has 1 aromatic rings. The summed E-state index contributed by atoms with van der Waals surface area (Å²) < 4.78 is 5.59. The molecule has 1 heterocycles. The Morgan fingerprint density at radius 1 is 1.29 bits per heavy atom. The average Bonchev–Trinajstić information content (AvgIpc) is 3.00. The van der Waals surface area contributed by atoms with Crippen LogP contribution in [0.5, 0.6) is 0 Å². The summed E-state index contributed by atoms with van der Waals surface area (Å²) in [6.07, 6.45) is 4.59. The molecule has 0 radical (unpaired) electrons. The standard InChI is InChI=1S/C20H26NO2.Li/c1-19(2,3)23-18(22)21-12-15-8-9-17-16-7-5-4-6-14(16)10-11-20(15,17)13-21;/h4-7,12,15,17H,8-11,13H2,1-3H3;/q-1;+1/t15-,17+,20?;/m1./s1. The normalized spacial score (nSPS) is 30.9. The largest absolute Gasteiger partial charge is 1.00 e. The van der Waals surface area contributed by atoms with E-state index in [9.17, 15) is 4.79 Å². The van der Waals surface area contributed by atoms with Gasteiger partial charge in [-0.3, -0.25) is 0 Å². The molecule has 1 amide bonds. The molecule has 3 aliphatic rings. The van der Waals surface area contributed by atoms with E-state index < -0.39 is 5.60 Å². The van der Waals surface area contributed by atoms with E-state index >= 15 is 0 Å². The average molecular weight is 319 g/mol. The van der Waals surface area contributed by atoms with Gasteiger partial charge in [0, 0.05) is 0 Å². The fourth-order valence-electron chi connectivity index (χ4n) is 5.04. The van der Waals surface area contributed by atoms with Crippen molar-refractivity contribution < 1.29 is 28.4 Å². The Labute approximate surface area is 157 Å². The van der Waals surface area contributed by atoms with Gasteiger partial charge in [0.1, 0.15) is 5.60 Å². The molecule has 4 rings (SSSR count). The first-order chi connectivity index (χ1) is 10.9. The summed E-state index contributed by atoms with van der Waals surface area (Å²) in [5, 5.41) is 0. The number of carbonyl (C=O) groups is 1. The van der Waals surface area contributed by atoms with Gasteiger partial charge in [-0.05, 0) is 69.0 Å². The van der Waals surface area contributed by atoms with E-state index in [4.69, 9.17) is 4.74 Å². The maximum Gasteiger partial charge on any atom is 1.00 e. The second-order valence-electron chi connectivity index (χ2n) is 8.43. The van der Waals surface area contributed by atoms with Crippen molar-refractivity contribution in [2.24, 2.45) is 11.3 Å². The number of fused-ring (bicyclic) bond motifs is 2. The second kappa shape index (κ2) is 6.11. The number of amides is 1. The van der Waals surface area contributed by atoms with Crippen molar-refractivity contribution in [1.29, 1.82) is 0 Å². The fraction of sp³-hybridized carbons (Fsp3) is 0.600. The first-order valence-corrected chi connectivity index (χ1v) is 8.81. The van der Waals surface area contributed by atoms with Crippen LogP contribution in [0.15, 0.2) is 24.3 Å². The fourth-order valence-corrected chi connectivity index (χ4v) is 5.04. The molecule has 4 heteroatoms. The van der Waals surface area contributed by atoms with Crippen LogP contribution in [0.25, 0.3) is 0 Å². The van der Waals surface area contributed by atoms with Crippen molar-refractivity contribution in [2.75, 3.05) is 6.54 Å². The molecule has 24 heavy (non-hydrogen) atoms. The molecule has 2 aliphatic carbocycles. The number of ether oxygens (including phenoxy) is 1. The summed E-state index contributed by atoms with van der Waals surface area (Å²) in [4.78, 5) is 14.3. The summed E-state index contributed by atoms with van der Waals surface area (Å²) in [5.74, 6) is 1.12. The Bertz CT molecular complexity index is 639. The molecule has 3 atom stereocenters. The minimum Gasteiger partial charge on any atom is -0.457 e. The van der Waals surface area contributed by atoms with Gasteiger partial charge in [-0.1, -0.05) is 30.7 Å². The zero-order chi connectivity index (χ0) is 16.2. The van der Waals surface area contributed by atoms with E-state index in [0.717, 1.165) is 13.0 Å². The Hall–Kier alpha value is -0.913. The molecule has 0 bridgehead atoms. The third kappa shape index (κ3) is 2.80. The van der Waals surface area contributed by atoms with Gasteiger partial charge >= 0.3 is 25.0 Å². The minimum atomic E-state index is -0.432. The van der Waals surface area contributed by atoms with Gasteiger partial charge in [-0.15, -0.1) is 5.92 Å². The second-order valence-corrected chi connectivity index (χ2v) is 8.43. The van der Waals surface area contributed by atoms with E-state index in [2.05, 4.69) is 30.8 Å². The maximum absolute atomic E-state index is 12.5. The molecular formula is C20H26LiNO2. The number of hydrogen-bond donors (Lipinski definition) is 0. The van der Waals surface area contributed by atoms with Crippen molar-refractivity contribution in [1.82, 2.24) is 4.90 Å². The third-order valence-corrected chi connectivity index (χ3v) is 5.94. The van der Waals surface area contributed by atoms with Crippen molar-refractivity contribution in [2.45, 2.75) is 58.0 Å². The Morgan fingerprint density at radius 2 is 2.04 bits per heavy atom. The van der Waals surface area contributed by atoms with Gasteiger partial charge in [-0.2, -0.15) is 0 Å². The molecule has 2 fully saturated rings. The van der Waals surface area contributed by atoms with Gasteiger partial charge in [0.05, 0.1) is 0 Å². The van der Waals surface area contributed by atoms with Gasteiger partial charge in [-0.25, -0.2) is 11.3 Å². The van der Waals surface area contributed by atoms with Crippen molar-refractivity contribution >= 4 is 6.09 Å². The van der Waals surface area contributed by atoms with Crippen molar-refractivity contribution in [3.05, 3.63) is 41.9 Å². The molecule has 1 aliphatic heterocycles. The summed E-state index contributed by atoms with van der Waals surface area (Å²) in [6, 6.07) is 8.89. The molecule has 1 saturated heterocycles. The summed E-state index contributed by atoms with van der Waals surface area (Å²) in [5.41, 5.74) is 2.85. The van der Waals surface area contributed by atoms with Crippen LogP contribution >= 0.6 is 0 Å². The monoisotopic (exact) mass is 319 g/mol. The smallest absolute Gasteiger partial charge is 0.457 e. The molecule has 1 unspecified atom stereocenters. The summed E-state index contributed by atoms with van der Waals surface area (Å²) >= 11 is 0. The van der Waals surface area contributed by atoms with Crippen LogP contribution in [0.3, 0.4) is 0 Å². The number of rotatable bonds is 0. The summed E-state index contributed by atoms with van der Waals surface area (Å²) in [6.45, 7) is 8.78. The van der Waals surface area contributed by atoms with Crippen molar-refractivity contribution in [3.63, 3.8) is 0 Å². The van der Waals surface area contributed by atoms with Crippen molar-refractivity contribution in [3.8, 4) is 0 Å². The van der Waals surface area contributed by atoms with Crippen LogP contribution in [-0.2, 0) is 11.2 Å². The van der Waals surface area contributed by atoms with E-state index in [1.807, 2.05) is 25.7 Å². The van der Waals surface area contributed by atoms with Crippen LogP contribution in [-0.4, -0.2) is 23.1 Å². The predicted octanol–water partition coefficient (Wildman–Crippen LogP) is 1.53. The number of aryl methyl sites for hydroxylation is 1. The molecule has 3 nitrogen and oxygen atoms in total. The first-order valence-electron chi connectivity index (χ1n) is 8.81. The number of hydrogen-bond acceptors (Lipinski definition) is 2. The predicted molar refractivity (Wildman–Crippen MR) is 89.9 cm³/mol. The maximum atomic E-state index is 12.5. The van der Waals surface area contributed by atoms with Crippen LogP contribution in [0.1, 0.15) is 57.1 Å². The molecule has 0 N–H and O–H groups in total. The van der Waals surface area contributed by atoms with Crippen LogP contribution in [0.4, 0.5) is 4.79 Å². The van der Waals surface area contributed by atoms with E-state index in [1.165, 1.54) is 30.4 Å². The third-order valence-electron chi connectivity index (χ3n) is 5.94. The van der Waals surface area contributed by atoms with Gasteiger partial charge in [0.2, 0.25) is 0 Å². The molecule has 1 spiro atoms. The number of likely N-dealkylation sites (tertiary alicyclic amines) is 1. The Balaban J connectivity index is 0.00000169. The SMILES string of the molecule is CC(C)(C)OC(=O)N1[CH-][C@H]2CC[C@H]3c4ccccc4CCC23C1.[Li+]. The van der Waals surface area contributed by atoms with E-state index in [1.54, 1.807) is 0 Å².